The molecule has 2 aromatic heterocycles. The molecule has 2 fully saturated rings. The van der Waals surface area contributed by atoms with Gasteiger partial charge < -0.3 is 19.2 Å². The van der Waals surface area contributed by atoms with Crippen LogP contribution in [-0.2, 0) is 4.74 Å². The number of carbonyl (C=O) groups is 1. The van der Waals surface area contributed by atoms with Gasteiger partial charge in [0.1, 0.15) is 16.6 Å². The number of ether oxygens (including phenoxy) is 1. The number of piperazine rings is 1. The topological polar surface area (TPSA) is 91.9 Å². The summed E-state index contributed by atoms with van der Waals surface area (Å²) in [7, 11) is 1.25. The Hall–Kier alpha value is -2.79. The standard InChI is InChI=1S/C20H20F2N4O4S/c1-29-15(17(21)22)10-6-13(18-23-4-5-31-18)16-14(7-10)24-19(30-16)25-8-11-2-3-12(9-25)26(11)20(27)28/h4-7,11-12,15,17H,2-3,8-9H2,1H3,(H,27,28). The van der Waals surface area contributed by atoms with Crippen molar-refractivity contribution in [2.24, 2.45) is 0 Å². The number of halogens is 2. The van der Waals surface area contributed by atoms with Gasteiger partial charge in [-0.3, -0.25) is 4.90 Å². The molecule has 4 heterocycles. The van der Waals surface area contributed by atoms with E-state index >= 15 is 0 Å². The number of alkyl halides is 2. The second kappa shape index (κ2) is 7.72. The van der Waals surface area contributed by atoms with E-state index < -0.39 is 18.6 Å². The van der Waals surface area contributed by atoms with Crippen molar-refractivity contribution in [1.29, 1.82) is 0 Å². The van der Waals surface area contributed by atoms with Crippen LogP contribution in [-0.4, -0.2) is 64.8 Å². The van der Waals surface area contributed by atoms with E-state index in [1.807, 2.05) is 4.90 Å². The number of oxazole rings is 1. The molecule has 164 valence electrons. The van der Waals surface area contributed by atoms with E-state index in [0.717, 1.165) is 12.8 Å². The monoisotopic (exact) mass is 450 g/mol. The van der Waals surface area contributed by atoms with E-state index in [9.17, 15) is 18.7 Å². The Morgan fingerprint density at radius 1 is 1.32 bits per heavy atom. The number of rotatable bonds is 5. The van der Waals surface area contributed by atoms with Gasteiger partial charge in [0, 0.05) is 31.8 Å². The molecule has 1 aromatic carbocycles. The summed E-state index contributed by atoms with van der Waals surface area (Å²) >= 11 is 1.37. The number of nitrogens with zero attached hydrogens (tertiary/aromatic N) is 4. The second-order valence-corrected chi connectivity index (χ2v) is 8.62. The Kier molecular flexibility index (Phi) is 5.01. The van der Waals surface area contributed by atoms with Crippen LogP contribution in [0.3, 0.4) is 0 Å². The third-order valence-corrected chi connectivity index (χ3v) is 6.76. The number of hydrogen-bond donors (Lipinski definition) is 1. The lowest BCUT2D eigenvalue weighted by molar-refractivity contribution is -0.0342. The van der Waals surface area contributed by atoms with Crippen LogP contribution in [0.25, 0.3) is 21.7 Å². The quantitative estimate of drug-likeness (QED) is 0.622. The van der Waals surface area contributed by atoms with Crippen molar-refractivity contribution in [3.63, 3.8) is 0 Å². The van der Waals surface area contributed by atoms with Gasteiger partial charge in [0.2, 0.25) is 0 Å². The second-order valence-electron chi connectivity index (χ2n) is 7.72. The normalized spacial score (nSPS) is 21.9. The van der Waals surface area contributed by atoms with Gasteiger partial charge in [0.15, 0.2) is 5.58 Å². The molecule has 3 unspecified atom stereocenters. The zero-order valence-corrected chi connectivity index (χ0v) is 17.4. The fraction of sp³-hybridized carbons (Fsp3) is 0.450. The molecule has 0 aliphatic carbocycles. The van der Waals surface area contributed by atoms with Crippen LogP contribution in [0.4, 0.5) is 19.6 Å². The van der Waals surface area contributed by atoms with Crippen LogP contribution in [0, 0.1) is 0 Å². The van der Waals surface area contributed by atoms with E-state index in [1.54, 1.807) is 23.7 Å². The van der Waals surface area contributed by atoms with Crippen molar-refractivity contribution in [1.82, 2.24) is 14.9 Å². The zero-order valence-electron chi connectivity index (χ0n) is 16.6. The molecule has 5 rings (SSSR count). The maximum Gasteiger partial charge on any atom is 0.407 e. The Morgan fingerprint density at radius 2 is 2.06 bits per heavy atom. The van der Waals surface area contributed by atoms with E-state index in [2.05, 4.69) is 9.97 Å². The fourth-order valence-corrected chi connectivity index (χ4v) is 5.26. The van der Waals surface area contributed by atoms with Crippen LogP contribution < -0.4 is 4.90 Å². The van der Waals surface area contributed by atoms with Crippen molar-refractivity contribution < 1.29 is 27.8 Å². The molecule has 0 saturated carbocycles. The first kappa shape index (κ1) is 20.1. The molecule has 3 aromatic rings. The maximum absolute atomic E-state index is 13.5. The van der Waals surface area contributed by atoms with Crippen molar-refractivity contribution in [3.8, 4) is 10.6 Å². The molecule has 1 N–H and O–H groups in total. The lowest BCUT2D eigenvalue weighted by Crippen LogP contribution is -2.55. The lowest BCUT2D eigenvalue weighted by atomic mass is 10.0. The van der Waals surface area contributed by atoms with Crippen LogP contribution in [0.15, 0.2) is 28.1 Å². The first-order valence-corrected chi connectivity index (χ1v) is 10.8. The van der Waals surface area contributed by atoms with Gasteiger partial charge in [0.05, 0.1) is 17.6 Å². The summed E-state index contributed by atoms with van der Waals surface area (Å²) in [6.07, 6.45) is -1.76. The molecule has 31 heavy (non-hydrogen) atoms. The van der Waals surface area contributed by atoms with Crippen molar-refractivity contribution in [2.75, 3.05) is 25.1 Å². The summed E-state index contributed by atoms with van der Waals surface area (Å²) in [4.78, 5) is 23.9. The predicted molar refractivity (Wildman–Crippen MR) is 110 cm³/mol. The summed E-state index contributed by atoms with van der Waals surface area (Å²) in [5.41, 5.74) is 1.78. The highest BCUT2D eigenvalue weighted by molar-refractivity contribution is 7.13. The summed E-state index contributed by atoms with van der Waals surface area (Å²) in [6.45, 7) is 0.958. The number of thiazole rings is 1. The van der Waals surface area contributed by atoms with Crippen LogP contribution in [0.2, 0.25) is 0 Å². The highest BCUT2D eigenvalue weighted by Crippen LogP contribution is 2.39. The van der Waals surface area contributed by atoms with Crippen LogP contribution in [0.1, 0.15) is 24.5 Å². The number of amides is 1. The zero-order chi connectivity index (χ0) is 21.7. The highest BCUT2D eigenvalue weighted by atomic mass is 32.1. The Bertz CT molecular complexity index is 1090. The van der Waals surface area contributed by atoms with Crippen LogP contribution >= 0.6 is 11.3 Å². The number of hydrogen-bond acceptors (Lipinski definition) is 7. The molecule has 2 aliphatic heterocycles. The van der Waals surface area contributed by atoms with E-state index in [4.69, 9.17) is 9.15 Å². The Labute approximate surface area is 180 Å². The fourth-order valence-electron chi connectivity index (χ4n) is 4.61. The summed E-state index contributed by atoms with van der Waals surface area (Å²) < 4.78 is 38.1. The molecule has 8 nitrogen and oxygen atoms in total. The van der Waals surface area contributed by atoms with E-state index in [1.165, 1.54) is 23.3 Å². The Morgan fingerprint density at radius 3 is 2.65 bits per heavy atom. The van der Waals surface area contributed by atoms with Gasteiger partial charge in [-0.2, -0.15) is 4.98 Å². The number of fused-ring (bicyclic) bond motifs is 3. The molecule has 3 atom stereocenters. The summed E-state index contributed by atoms with van der Waals surface area (Å²) in [6, 6.07) is 3.30. The lowest BCUT2D eigenvalue weighted by Gasteiger charge is -2.38. The molecule has 0 radical (unpaired) electrons. The average molecular weight is 450 g/mol. The van der Waals surface area contributed by atoms with Crippen molar-refractivity contribution in [2.45, 2.75) is 37.5 Å². The van der Waals surface area contributed by atoms with Crippen molar-refractivity contribution in [3.05, 3.63) is 29.3 Å². The molecule has 2 bridgehead atoms. The molecule has 2 aliphatic rings. The third kappa shape index (κ3) is 3.41. The predicted octanol–water partition coefficient (Wildman–Crippen LogP) is 4.23. The molecule has 0 spiro atoms. The Balaban J connectivity index is 1.56. The van der Waals surface area contributed by atoms with Gasteiger partial charge in [-0.1, -0.05) is 0 Å². The average Bonchev–Trinajstić information content (AvgIpc) is 3.45. The molecular formula is C20H20F2N4O4S. The first-order valence-electron chi connectivity index (χ1n) is 9.87. The summed E-state index contributed by atoms with van der Waals surface area (Å²) in [5.74, 6) is 0. The maximum atomic E-state index is 13.5. The third-order valence-electron chi connectivity index (χ3n) is 5.95. The number of anilines is 1. The van der Waals surface area contributed by atoms with Gasteiger partial charge in [-0.15, -0.1) is 11.3 Å². The van der Waals surface area contributed by atoms with Crippen molar-refractivity contribution >= 4 is 34.5 Å². The highest BCUT2D eigenvalue weighted by Gasteiger charge is 2.44. The number of benzene rings is 1. The minimum atomic E-state index is -2.70. The van der Waals surface area contributed by atoms with Gasteiger partial charge >= 0.3 is 6.09 Å². The van der Waals surface area contributed by atoms with Gasteiger partial charge in [-0.25, -0.2) is 18.6 Å². The van der Waals surface area contributed by atoms with E-state index in [-0.39, 0.29) is 12.1 Å². The van der Waals surface area contributed by atoms with Crippen LogP contribution in [0.5, 0.6) is 0 Å². The minimum absolute atomic E-state index is 0.114. The molecular weight excluding hydrogens is 430 g/mol. The number of methoxy groups -OCH3 is 1. The van der Waals surface area contributed by atoms with Gasteiger partial charge in [0.25, 0.3) is 12.4 Å². The SMILES string of the molecule is COC(c1cc(-c2nccs2)c2oc(N3CC4CCC(C3)N4C(=O)O)nc2c1)C(F)F. The smallest absolute Gasteiger partial charge is 0.407 e. The molecule has 1 amide bonds. The summed E-state index contributed by atoms with van der Waals surface area (Å²) in [5, 5.41) is 11.9. The van der Waals surface area contributed by atoms with E-state index in [0.29, 0.717) is 46.3 Å². The first-order chi connectivity index (χ1) is 15.0. The number of carboxylic acid groups (broad SMARTS) is 1. The molecule has 2 saturated heterocycles. The number of aromatic nitrogens is 2. The van der Waals surface area contributed by atoms with Gasteiger partial charge in [-0.05, 0) is 30.5 Å². The largest absolute Gasteiger partial charge is 0.465 e. The minimum Gasteiger partial charge on any atom is -0.465 e. The molecule has 11 heteroatoms.